The van der Waals surface area contributed by atoms with Crippen LogP contribution in [0.5, 0.6) is 0 Å². The number of hydrogen-bond donors (Lipinski definition) is 1. The van der Waals surface area contributed by atoms with Gasteiger partial charge in [0.1, 0.15) is 0 Å². The Morgan fingerprint density at radius 3 is 2.92 bits per heavy atom. The first-order chi connectivity index (χ1) is 6.38. The smallest absolute Gasteiger partial charge is 0.0698 e. The molecule has 76 valence electrons. The van der Waals surface area contributed by atoms with E-state index in [1.807, 2.05) is 7.11 Å². The minimum absolute atomic E-state index is 0.488. The van der Waals surface area contributed by atoms with Gasteiger partial charge in [-0.1, -0.05) is 0 Å². The third kappa shape index (κ3) is 2.42. The summed E-state index contributed by atoms with van der Waals surface area (Å²) in [5.74, 6) is 0.899. The second-order valence-electron chi connectivity index (χ2n) is 4.28. The number of rotatable bonds is 3. The molecule has 0 aromatic heterocycles. The lowest BCUT2D eigenvalue weighted by atomic mass is 10.0. The highest BCUT2D eigenvalue weighted by Gasteiger charge is 2.24. The Morgan fingerprint density at radius 2 is 2.31 bits per heavy atom. The highest BCUT2D eigenvalue weighted by Crippen LogP contribution is 2.15. The van der Waals surface area contributed by atoms with Gasteiger partial charge < -0.3 is 15.0 Å². The van der Waals surface area contributed by atoms with Crippen molar-refractivity contribution in [2.24, 2.45) is 5.92 Å². The van der Waals surface area contributed by atoms with Gasteiger partial charge in [-0.05, 0) is 25.3 Å². The Balaban J connectivity index is 1.71. The first kappa shape index (κ1) is 9.44. The number of ether oxygens (including phenoxy) is 1. The van der Waals surface area contributed by atoms with Gasteiger partial charge in [-0.25, -0.2) is 0 Å². The minimum atomic E-state index is 0.488. The summed E-state index contributed by atoms with van der Waals surface area (Å²) < 4.78 is 5.40. The summed E-state index contributed by atoms with van der Waals surface area (Å²) in [4.78, 5) is 2.56. The number of hydrogen-bond acceptors (Lipinski definition) is 3. The monoisotopic (exact) mass is 184 g/mol. The predicted molar refractivity (Wildman–Crippen MR) is 52.8 cm³/mol. The van der Waals surface area contributed by atoms with Crippen molar-refractivity contribution in [2.75, 3.05) is 39.8 Å². The predicted octanol–water partition coefficient (Wildman–Crippen LogP) is 0.317. The van der Waals surface area contributed by atoms with Crippen LogP contribution in [0.4, 0.5) is 0 Å². The van der Waals surface area contributed by atoms with Crippen LogP contribution in [-0.2, 0) is 4.74 Å². The summed E-state index contributed by atoms with van der Waals surface area (Å²) in [5, 5.41) is 3.32. The molecule has 0 radical (unpaired) electrons. The third-order valence-electron chi connectivity index (χ3n) is 3.18. The lowest BCUT2D eigenvalue weighted by molar-refractivity contribution is 0.0227. The van der Waals surface area contributed by atoms with Gasteiger partial charge in [0.15, 0.2) is 0 Å². The maximum Gasteiger partial charge on any atom is 0.0698 e. The highest BCUT2D eigenvalue weighted by atomic mass is 16.5. The largest absolute Gasteiger partial charge is 0.380 e. The van der Waals surface area contributed by atoms with Gasteiger partial charge in [0.25, 0.3) is 0 Å². The van der Waals surface area contributed by atoms with Crippen molar-refractivity contribution < 1.29 is 4.74 Å². The second kappa shape index (κ2) is 4.40. The molecule has 0 bridgehead atoms. The van der Waals surface area contributed by atoms with Crippen LogP contribution in [0.15, 0.2) is 0 Å². The summed E-state index contributed by atoms with van der Waals surface area (Å²) in [6.07, 6.45) is 3.04. The maximum atomic E-state index is 5.40. The minimum Gasteiger partial charge on any atom is -0.380 e. The van der Waals surface area contributed by atoms with Gasteiger partial charge in [0, 0.05) is 33.3 Å². The normalized spacial score (nSPS) is 31.6. The third-order valence-corrected chi connectivity index (χ3v) is 3.18. The first-order valence-corrected chi connectivity index (χ1v) is 5.34. The van der Waals surface area contributed by atoms with Crippen molar-refractivity contribution >= 4 is 0 Å². The molecule has 0 aromatic carbocycles. The van der Waals surface area contributed by atoms with E-state index in [4.69, 9.17) is 4.74 Å². The summed E-state index contributed by atoms with van der Waals surface area (Å²) in [6.45, 7) is 6.12. The molecule has 2 saturated heterocycles. The molecule has 2 fully saturated rings. The van der Waals surface area contributed by atoms with E-state index < -0.39 is 0 Å². The standard InChI is InChI=1S/C10H20N2O/c1-13-10-3-2-4-12(8-10)7-9-5-11-6-9/h9-11H,2-8H2,1H3. The van der Waals surface area contributed by atoms with Gasteiger partial charge in [-0.15, -0.1) is 0 Å². The van der Waals surface area contributed by atoms with E-state index in [2.05, 4.69) is 10.2 Å². The lowest BCUT2D eigenvalue weighted by Crippen LogP contribution is -2.51. The van der Waals surface area contributed by atoms with E-state index in [9.17, 15) is 0 Å². The van der Waals surface area contributed by atoms with Gasteiger partial charge in [-0.3, -0.25) is 0 Å². The molecule has 3 nitrogen and oxygen atoms in total. The van der Waals surface area contributed by atoms with Crippen LogP contribution in [-0.4, -0.2) is 50.8 Å². The van der Waals surface area contributed by atoms with Crippen LogP contribution < -0.4 is 5.32 Å². The maximum absolute atomic E-state index is 5.40. The molecule has 1 N–H and O–H groups in total. The van der Waals surface area contributed by atoms with Crippen LogP contribution in [0.25, 0.3) is 0 Å². The van der Waals surface area contributed by atoms with Crippen molar-refractivity contribution in [2.45, 2.75) is 18.9 Å². The fourth-order valence-electron chi connectivity index (χ4n) is 2.21. The molecule has 3 heteroatoms. The van der Waals surface area contributed by atoms with Crippen molar-refractivity contribution in [3.8, 4) is 0 Å². The zero-order chi connectivity index (χ0) is 9.10. The molecule has 2 aliphatic heterocycles. The molecule has 0 saturated carbocycles. The molecule has 2 heterocycles. The number of likely N-dealkylation sites (tertiary alicyclic amines) is 1. The first-order valence-electron chi connectivity index (χ1n) is 5.34. The van der Waals surface area contributed by atoms with Crippen LogP contribution >= 0.6 is 0 Å². The molecule has 13 heavy (non-hydrogen) atoms. The summed E-state index contributed by atoms with van der Waals surface area (Å²) in [5.41, 5.74) is 0. The highest BCUT2D eigenvalue weighted by molar-refractivity contribution is 4.81. The van der Waals surface area contributed by atoms with Crippen LogP contribution in [0.1, 0.15) is 12.8 Å². The Labute approximate surface area is 80.4 Å². The molecular weight excluding hydrogens is 164 g/mol. The summed E-state index contributed by atoms with van der Waals surface area (Å²) in [7, 11) is 1.83. The molecule has 0 spiro atoms. The Bertz CT molecular complexity index is 157. The van der Waals surface area contributed by atoms with Crippen molar-refractivity contribution in [1.82, 2.24) is 10.2 Å². The molecule has 1 unspecified atom stereocenters. The van der Waals surface area contributed by atoms with E-state index in [0.717, 1.165) is 12.5 Å². The van der Waals surface area contributed by atoms with E-state index in [0.29, 0.717) is 6.10 Å². The topological polar surface area (TPSA) is 24.5 Å². The number of piperidine rings is 1. The number of nitrogens with one attached hydrogen (secondary N) is 1. The van der Waals surface area contributed by atoms with Crippen LogP contribution in [0.3, 0.4) is 0 Å². The number of methoxy groups -OCH3 is 1. The molecule has 0 amide bonds. The van der Waals surface area contributed by atoms with Crippen molar-refractivity contribution in [3.63, 3.8) is 0 Å². The van der Waals surface area contributed by atoms with Crippen molar-refractivity contribution in [1.29, 1.82) is 0 Å². The van der Waals surface area contributed by atoms with Crippen molar-refractivity contribution in [3.05, 3.63) is 0 Å². The second-order valence-corrected chi connectivity index (χ2v) is 4.28. The SMILES string of the molecule is COC1CCCN(CC2CNC2)C1. The average Bonchev–Trinajstić information content (AvgIpc) is 2.12. The summed E-state index contributed by atoms with van der Waals surface area (Å²) in [6, 6.07) is 0. The van der Waals surface area contributed by atoms with E-state index >= 15 is 0 Å². The van der Waals surface area contributed by atoms with Crippen LogP contribution in [0.2, 0.25) is 0 Å². The van der Waals surface area contributed by atoms with Crippen LogP contribution in [0, 0.1) is 5.92 Å². The van der Waals surface area contributed by atoms with Gasteiger partial charge in [0.05, 0.1) is 6.10 Å². The zero-order valence-electron chi connectivity index (χ0n) is 8.46. The molecule has 2 aliphatic rings. The van der Waals surface area contributed by atoms with Gasteiger partial charge in [-0.2, -0.15) is 0 Å². The quantitative estimate of drug-likeness (QED) is 0.683. The molecule has 0 aromatic rings. The fraction of sp³-hybridized carbons (Fsp3) is 1.00. The number of nitrogens with zero attached hydrogens (tertiary/aromatic N) is 1. The zero-order valence-corrected chi connectivity index (χ0v) is 8.46. The molecule has 2 rings (SSSR count). The summed E-state index contributed by atoms with van der Waals surface area (Å²) >= 11 is 0. The lowest BCUT2D eigenvalue weighted by Gasteiger charge is -2.37. The average molecular weight is 184 g/mol. The van der Waals surface area contributed by atoms with E-state index in [1.54, 1.807) is 0 Å². The Hall–Kier alpha value is -0.120. The van der Waals surface area contributed by atoms with E-state index in [-0.39, 0.29) is 0 Å². The molecule has 1 atom stereocenters. The van der Waals surface area contributed by atoms with E-state index in [1.165, 1.54) is 39.0 Å². The van der Waals surface area contributed by atoms with Gasteiger partial charge >= 0.3 is 0 Å². The Kier molecular flexibility index (Phi) is 3.19. The fourth-order valence-corrected chi connectivity index (χ4v) is 2.21. The molecular formula is C10H20N2O. The molecule has 0 aliphatic carbocycles. The Morgan fingerprint density at radius 1 is 1.46 bits per heavy atom. The van der Waals surface area contributed by atoms with Gasteiger partial charge in [0.2, 0.25) is 0 Å².